The van der Waals surface area contributed by atoms with Crippen LogP contribution in [0, 0.1) is 0 Å². The van der Waals surface area contributed by atoms with E-state index in [1.807, 2.05) is 0 Å². The van der Waals surface area contributed by atoms with Crippen LogP contribution >= 0.6 is 0 Å². The van der Waals surface area contributed by atoms with Crippen molar-refractivity contribution in [3.05, 3.63) is 0 Å². The van der Waals surface area contributed by atoms with Crippen molar-refractivity contribution >= 4 is 29.7 Å². The average molecular weight is 463 g/mol. The summed E-state index contributed by atoms with van der Waals surface area (Å²) in [5, 5.41) is 43.4. The van der Waals surface area contributed by atoms with Crippen LogP contribution in [0.5, 0.6) is 0 Å². The summed E-state index contributed by atoms with van der Waals surface area (Å²) in [7, 11) is 0. The number of rotatable bonds is 16. The van der Waals surface area contributed by atoms with Crippen molar-refractivity contribution in [2.75, 3.05) is 13.2 Å². The molecule has 0 aromatic rings. The van der Waals surface area contributed by atoms with Gasteiger partial charge in [0.2, 0.25) is 17.7 Å². The van der Waals surface area contributed by atoms with Gasteiger partial charge in [-0.2, -0.15) is 0 Å². The zero-order valence-electron chi connectivity index (χ0n) is 17.8. The second kappa shape index (κ2) is 15.1. The molecule has 5 atom stereocenters. The first kappa shape index (κ1) is 29.2. The molecule has 0 radical (unpaired) electrons. The third-order valence-corrected chi connectivity index (χ3v) is 4.48. The average Bonchev–Trinajstić information content (AvgIpc) is 2.72. The Morgan fingerprint density at radius 3 is 1.84 bits per heavy atom. The zero-order chi connectivity index (χ0) is 24.8. The molecule has 3 amide bonds. The summed E-state index contributed by atoms with van der Waals surface area (Å²) in [5.74, 6) is -5.41. The SMILES string of the molecule is CC(O)C(N)C(=O)NC(CO)C(=O)NC(CCCCN)C(=O)NC(CCC(=O)O)C(=O)O. The van der Waals surface area contributed by atoms with Crippen LogP contribution in [0.3, 0.4) is 0 Å². The van der Waals surface area contributed by atoms with Crippen molar-refractivity contribution < 1.29 is 44.4 Å². The maximum atomic E-state index is 12.6. The van der Waals surface area contributed by atoms with E-state index in [-0.39, 0.29) is 12.8 Å². The number of hydrogen-bond donors (Lipinski definition) is 9. The van der Waals surface area contributed by atoms with Crippen LogP contribution in [-0.2, 0) is 24.0 Å². The summed E-state index contributed by atoms with van der Waals surface area (Å²) in [6.45, 7) is 0.738. The lowest BCUT2D eigenvalue weighted by Crippen LogP contribution is -2.59. The van der Waals surface area contributed by atoms with Crippen LogP contribution in [0.1, 0.15) is 39.0 Å². The molecule has 14 heteroatoms. The van der Waals surface area contributed by atoms with Crippen molar-refractivity contribution in [1.29, 1.82) is 0 Å². The molecule has 0 heterocycles. The van der Waals surface area contributed by atoms with Gasteiger partial charge in [0.25, 0.3) is 0 Å². The van der Waals surface area contributed by atoms with Crippen molar-refractivity contribution in [3.8, 4) is 0 Å². The second-order valence-corrected chi connectivity index (χ2v) is 7.19. The van der Waals surface area contributed by atoms with E-state index in [9.17, 15) is 39.3 Å². The van der Waals surface area contributed by atoms with Crippen molar-refractivity contribution in [2.45, 2.75) is 69.3 Å². The predicted molar refractivity (Wildman–Crippen MR) is 110 cm³/mol. The number of aliphatic hydroxyl groups excluding tert-OH is 2. The molecule has 0 saturated heterocycles. The molecular formula is C18H33N5O9. The van der Waals surface area contributed by atoms with Crippen molar-refractivity contribution in [2.24, 2.45) is 11.5 Å². The van der Waals surface area contributed by atoms with Crippen LogP contribution in [0.15, 0.2) is 0 Å². The molecule has 0 rings (SSSR count). The highest BCUT2D eigenvalue weighted by Crippen LogP contribution is 2.05. The molecule has 5 unspecified atom stereocenters. The highest BCUT2D eigenvalue weighted by atomic mass is 16.4. The van der Waals surface area contributed by atoms with Gasteiger partial charge in [0.05, 0.1) is 12.7 Å². The lowest BCUT2D eigenvalue weighted by Gasteiger charge is -2.24. The molecule has 0 aliphatic carbocycles. The first-order valence-corrected chi connectivity index (χ1v) is 10.0. The molecule has 0 saturated carbocycles. The maximum absolute atomic E-state index is 12.6. The van der Waals surface area contributed by atoms with E-state index < -0.39 is 73.0 Å². The molecule has 0 aromatic carbocycles. The highest BCUT2D eigenvalue weighted by Gasteiger charge is 2.30. The number of hydrogen-bond acceptors (Lipinski definition) is 9. The Balaban J connectivity index is 5.30. The first-order chi connectivity index (χ1) is 14.9. The van der Waals surface area contributed by atoms with E-state index in [2.05, 4.69) is 16.0 Å². The molecular weight excluding hydrogens is 430 g/mol. The summed E-state index contributed by atoms with van der Waals surface area (Å²) in [4.78, 5) is 59.0. The standard InChI is InChI=1S/C18H33N5O9/c1-9(25)14(20)17(30)23-12(8-24)16(29)21-10(4-2-3-7-19)15(28)22-11(18(31)32)5-6-13(26)27/h9-12,14,24-25H,2-8,19-20H2,1H3,(H,21,29)(H,22,28)(H,23,30)(H,26,27)(H,31,32). The van der Waals surface area contributed by atoms with E-state index in [4.69, 9.17) is 16.6 Å². The Morgan fingerprint density at radius 1 is 0.844 bits per heavy atom. The Morgan fingerprint density at radius 2 is 1.38 bits per heavy atom. The van der Waals surface area contributed by atoms with E-state index >= 15 is 0 Å². The van der Waals surface area contributed by atoms with Gasteiger partial charge in [0.1, 0.15) is 24.2 Å². The minimum Gasteiger partial charge on any atom is -0.481 e. The minimum atomic E-state index is -1.50. The number of unbranched alkanes of at least 4 members (excludes halogenated alkanes) is 1. The number of carboxylic acid groups (broad SMARTS) is 2. The third kappa shape index (κ3) is 11.0. The van der Waals surface area contributed by atoms with Crippen LogP contribution < -0.4 is 27.4 Å². The topological polar surface area (TPSA) is 254 Å². The minimum absolute atomic E-state index is 0.0688. The fraction of sp³-hybridized carbons (Fsp3) is 0.722. The van der Waals surface area contributed by atoms with Crippen LogP contribution in [-0.4, -0.2) is 93.5 Å². The van der Waals surface area contributed by atoms with Crippen LogP contribution in [0.25, 0.3) is 0 Å². The summed E-state index contributed by atoms with van der Waals surface area (Å²) >= 11 is 0. The van der Waals surface area contributed by atoms with Crippen molar-refractivity contribution in [3.63, 3.8) is 0 Å². The molecule has 0 aliphatic heterocycles. The Bertz CT molecular complexity index is 659. The molecule has 14 nitrogen and oxygen atoms in total. The largest absolute Gasteiger partial charge is 0.481 e. The van der Waals surface area contributed by atoms with Crippen molar-refractivity contribution in [1.82, 2.24) is 16.0 Å². The Labute approximate surface area is 184 Å². The Kier molecular flexibility index (Phi) is 13.7. The van der Waals surface area contributed by atoms with Gasteiger partial charge in [-0.25, -0.2) is 4.79 Å². The highest BCUT2D eigenvalue weighted by molar-refractivity contribution is 5.94. The molecule has 0 bridgehead atoms. The number of aliphatic hydroxyl groups is 2. The van der Waals surface area contributed by atoms with Gasteiger partial charge in [-0.1, -0.05) is 0 Å². The molecule has 32 heavy (non-hydrogen) atoms. The van der Waals surface area contributed by atoms with Gasteiger partial charge in [-0.05, 0) is 39.2 Å². The van der Waals surface area contributed by atoms with E-state index in [1.54, 1.807) is 0 Å². The smallest absolute Gasteiger partial charge is 0.326 e. The van der Waals surface area contributed by atoms with Gasteiger partial charge in [0, 0.05) is 6.42 Å². The first-order valence-electron chi connectivity index (χ1n) is 10.0. The van der Waals surface area contributed by atoms with E-state index in [1.165, 1.54) is 6.92 Å². The van der Waals surface area contributed by atoms with E-state index in [0.717, 1.165) is 0 Å². The fourth-order valence-electron chi connectivity index (χ4n) is 2.51. The van der Waals surface area contributed by atoms with Gasteiger partial charge < -0.3 is 47.8 Å². The number of nitrogens with one attached hydrogen (secondary N) is 3. The third-order valence-electron chi connectivity index (χ3n) is 4.48. The number of nitrogens with two attached hydrogens (primary N) is 2. The predicted octanol–water partition coefficient (Wildman–Crippen LogP) is -3.78. The van der Waals surface area contributed by atoms with Gasteiger partial charge >= 0.3 is 11.9 Å². The molecule has 0 aliphatic rings. The van der Waals surface area contributed by atoms with Gasteiger partial charge in [-0.15, -0.1) is 0 Å². The molecule has 0 spiro atoms. The van der Waals surface area contributed by atoms with Crippen LogP contribution in [0.4, 0.5) is 0 Å². The molecule has 184 valence electrons. The second-order valence-electron chi connectivity index (χ2n) is 7.19. The number of carboxylic acids is 2. The maximum Gasteiger partial charge on any atom is 0.326 e. The summed E-state index contributed by atoms with van der Waals surface area (Å²) in [5.41, 5.74) is 10.9. The number of aliphatic carboxylic acids is 2. The summed E-state index contributed by atoms with van der Waals surface area (Å²) in [6, 6.07) is -5.58. The number of carbonyl (C=O) groups is 5. The van der Waals surface area contributed by atoms with Gasteiger partial charge in [-0.3, -0.25) is 19.2 Å². The number of amides is 3. The molecule has 11 N–H and O–H groups in total. The molecule has 0 aromatic heterocycles. The quantitative estimate of drug-likeness (QED) is 0.100. The molecule has 0 fully saturated rings. The summed E-state index contributed by atoms with van der Waals surface area (Å²) < 4.78 is 0. The van der Waals surface area contributed by atoms with Crippen LogP contribution in [0.2, 0.25) is 0 Å². The Hall–Kier alpha value is -2.81. The lowest BCUT2D eigenvalue weighted by molar-refractivity contribution is -0.143. The zero-order valence-corrected chi connectivity index (χ0v) is 17.8. The summed E-state index contributed by atoms with van der Waals surface area (Å²) in [6.07, 6.45) is -1.11. The van der Waals surface area contributed by atoms with Gasteiger partial charge in [0.15, 0.2) is 0 Å². The van der Waals surface area contributed by atoms with E-state index in [0.29, 0.717) is 19.4 Å². The number of carbonyl (C=O) groups excluding carboxylic acids is 3. The lowest BCUT2D eigenvalue weighted by atomic mass is 10.1. The normalized spacial score (nSPS) is 15.5. The fourth-order valence-corrected chi connectivity index (χ4v) is 2.51. The monoisotopic (exact) mass is 463 g/mol.